The number of benzene rings is 1. The van der Waals surface area contributed by atoms with Crippen molar-refractivity contribution in [2.75, 3.05) is 24.6 Å². The van der Waals surface area contributed by atoms with E-state index in [0.29, 0.717) is 25.4 Å². The third kappa shape index (κ3) is 3.48. The predicted octanol–water partition coefficient (Wildman–Crippen LogP) is 1.41. The molecule has 0 spiro atoms. The smallest absolute Gasteiger partial charge is 0.243 e. The van der Waals surface area contributed by atoms with Gasteiger partial charge in [-0.15, -0.1) is 0 Å². The second kappa shape index (κ2) is 7.37. The van der Waals surface area contributed by atoms with Crippen LogP contribution < -0.4 is 10.2 Å². The maximum Gasteiger partial charge on any atom is 0.243 e. The van der Waals surface area contributed by atoms with Crippen LogP contribution in [0.2, 0.25) is 0 Å². The van der Waals surface area contributed by atoms with Crippen molar-refractivity contribution in [3.63, 3.8) is 0 Å². The van der Waals surface area contributed by atoms with Gasteiger partial charge < -0.3 is 10.0 Å². The number of hydrogen-bond donors (Lipinski definition) is 2. The van der Waals surface area contributed by atoms with Crippen molar-refractivity contribution in [2.24, 2.45) is 5.92 Å². The molecule has 4 rings (SSSR count). The summed E-state index contributed by atoms with van der Waals surface area (Å²) in [4.78, 5) is 28.1. The average molecular weight is 357 g/mol. The van der Waals surface area contributed by atoms with Crippen molar-refractivity contribution in [2.45, 2.75) is 51.2 Å². The van der Waals surface area contributed by atoms with E-state index in [1.807, 2.05) is 0 Å². The van der Waals surface area contributed by atoms with Crippen molar-refractivity contribution < 1.29 is 14.7 Å². The number of carbonyl (C=O) groups is 2. The van der Waals surface area contributed by atoms with Crippen LogP contribution in [0, 0.1) is 5.92 Å². The fourth-order valence-corrected chi connectivity index (χ4v) is 4.52. The van der Waals surface area contributed by atoms with Crippen LogP contribution in [-0.2, 0) is 22.7 Å². The molecule has 3 aliphatic heterocycles. The molecule has 6 heteroatoms. The van der Waals surface area contributed by atoms with Gasteiger partial charge in [-0.05, 0) is 54.9 Å². The second-order valence-corrected chi connectivity index (χ2v) is 7.77. The zero-order valence-electron chi connectivity index (χ0n) is 15.1. The van der Waals surface area contributed by atoms with Gasteiger partial charge in [0.25, 0.3) is 0 Å². The van der Waals surface area contributed by atoms with Crippen LogP contribution in [0.15, 0.2) is 18.2 Å². The number of anilines is 1. The lowest BCUT2D eigenvalue weighted by Crippen LogP contribution is -2.50. The van der Waals surface area contributed by atoms with E-state index in [9.17, 15) is 9.59 Å². The van der Waals surface area contributed by atoms with Gasteiger partial charge in [-0.2, -0.15) is 0 Å². The number of carbonyl (C=O) groups excluding carboxylic acids is 2. The van der Waals surface area contributed by atoms with Crippen LogP contribution in [0.3, 0.4) is 0 Å². The molecule has 0 aromatic heterocycles. The quantitative estimate of drug-likeness (QED) is 0.797. The molecule has 1 aromatic carbocycles. The van der Waals surface area contributed by atoms with E-state index < -0.39 is 0 Å². The average Bonchev–Trinajstić information content (AvgIpc) is 3.05. The molecule has 0 aliphatic carbocycles. The van der Waals surface area contributed by atoms with Crippen molar-refractivity contribution in [1.82, 2.24) is 10.2 Å². The van der Waals surface area contributed by atoms with E-state index in [2.05, 4.69) is 33.3 Å². The first kappa shape index (κ1) is 17.5. The molecule has 2 N–H and O–H groups in total. The Bertz CT molecular complexity index is 698. The second-order valence-electron chi connectivity index (χ2n) is 7.77. The Morgan fingerprint density at radius 2 is 1.85 bits per heavy atom. The minimum atomic E-state index is -0.197. The van der Waals surface area contributed by atoms with Crippen LogP contribution in [0.25, 0.3) is 0 Å². The molecule has 0 saturated carbocycles. The number of rotatable bonds is 4. The number of amides is 2. The van der Waals surface area contributed by atoms with Crippen LogP contribution in [0.1, 0.15) is 43.2 Å². The number of fused-ring (bicyclic) bond motifs is 1. The summed E-state index contributed by atoms with van der Waals surface area (Å²) >= 11 is 0. The number of piperidine rings is 2. The molecule has 2 fully saturated rings. The molecule has 3 aliphatic rings. The molecule has 2 amide bonds. The van der Waals surface area contributed by atoms with E-state index in [1.54, 1.807) is 0 Å². The number of nitrogens with one attached hydrogen (secondary N) is 1. The van der Waals surface area contributed by atoms with E-state index >= 15 is 0 Å². The van der Waals surface area contributed by atoms with Crippen LogP contribution >= 0.6 is 0 Å². The largest absolute Gasteiger partial charge is 0.396 e. The van der Waals surface area contributed by atoms with Gasteiger partial charge in [-0.3, -0.25) is 19.8 Å². The molecular formula is C20H27N3O3. The van der Waals surface area contributed by atoms with Gasteiger partial charge in [0.05, 0.1) is 6.04 Å². The number of aliphatic hydroxyl groups excluding tert-OH is 1. The number of nitrogens with zero attached hydrogens (tertiary/aromatic N) is 2. The van der Waals surface area contributed by atoms with Crippen molar-refractivity contribution in [3.05, 3.63) is 29.3 Å². The molecule has 2 saturated heterocycles. The Balaban J connectivity index is 1.41. The summed E-state index contributed by atoms with van der Waals surface area (Å²) in [7, 11) is 0. The van der Waals surface area contributed by atoms with Crippen LogP contribution in [-0.4, -0.2) is 47.6 Å². The highest BCUT2D eigenvalue weighted by Gasteiger charge is 2.34. The van der Waals surface area contributed by atoms with Gasteiger partial charge >= 0.3 is 0 Å². The molecular weight excluding hydrogens is 330 g/mol. The van der Waals surface area contributed by atoms with Crippen molar-refractivity contribution in [1.29, 1.82) is 0 Å². The maximum absolute atomic E-state index is 12.1. The molecule has 140 valence electrons. The molecule has 1 unspecified atom stereocenters. The lowest BCUT2D eigenvalue weighted by atomic mass is 9.93. The molecule has 6 nitrogen and oxygen atoms in total. The van der Waals surface area contributed by atoms with E-state index in [-0.39, 0.29) is 17.9 Å². The van der Waals surface area contributed by atoms with Crippen LogP contribution in [0.5, 0.6) is 0 Å². The summed E-state index contributed by atoms with van der Waals surface area (Å²) in [6, 6.07) is 6.46. The Morgan fingerprint density at radius 1 is 1.08 bits per heavy atom. The first-order valence-electron chi connectivity index (χ1n) is 9.69. The molecule has 3 heterocycles. The fraction of sp³-hybridized carbons (Fsp3) is 0.600. The fourth-order valence-electron chi connectivity index (χ4n) is 4.52. The zero-order chi connectivity index (χ0) is 18.1. The Morgan fingerprint density at radius 3 is 2.58 bits per heavy atom. The summed E-state index contributed by atoms with van der Waals surface area (Å²) < 4.78 is 0. The topological polar surface area (TPSA) is 72.9 Å². The lowest BCUT2D eigenvalue weighted by molar-refractivity contribution is -0.137. The minimum absolute atomic E-state index is 0.153. The zero-order valence-corrected chi connectivity index (χ0v) is 15.1. The van der Waals surface area contributed by atoms with Crippen molar-refractivity contribution >= 4 is 17.5 Å². The SMILES string of the molecule is O=C1CCC(N2Cc3ccc(N4CCC(CCO)CC4)cc3C2)C(=O)N1. The number of hydrogen-bond acceptors (Lipinski definition) is 5. The highest BCUT2D eigenvalue weighted by atomic mass is 16.3. The highest BCUT2D eigenvalue weighted by molar-refractivity contribution is 6.00. The summed E-state index contributed by atoms with van der Waals surface area (Å²) in [6.45, 7) is 3.93. The summed E-state index contributed by atoms with van der Waals surface area (Å²) in [5.74, 6) is 0.337. The van der Waals surface area contributed by atoms with Crippen molar-refractivity contribution in [3.8, 4) is 0 Å². The van der Waals surface area contributed by atoms with Gasteiger partial charge in [-0.25, -0.2) is 0 Å². The standard InChI is InChI=1S/C20H27N3O3/c24-10-7-14-5-8-22(9-6-14)17-2-1-15-12-23(13-16(15)11-17)18-3-4-19(25)21-20(18)26/h1-2,11,14,18,24H,3-10,12-13H2,(H,21,25,26). The first-order chi connectivity index (χ1) is 12.6. The first-order valence-corrected chi connectivity index (χ1v) is 9.69. The van der Waals surface area contributed by atoms with Crippen LogP contribution in [0.4, 0.5) is 5.69 Å². The number of imide groups is 1. The third-order valence-corrected chi connectivity index (χ3v) is 6.10. The van der Waals surface area contributed by atoms with Gasteiger partial charge in [0.2, 0.25) is 11.8 Å². The normalized spacial score (nSPS) is 24.7. The third-order valence-electron chi connectivity index (χ3n) is 6.10. The minimum Gasteiger partial charge on any atom is -0.396 e. The van der Waals surface area contributed by atoms with E-state index in [1.165, 1.54) is 16.8 Å². The lowest BCUT2D eigenvalue weighted by Gasteiger charge is -2.33. The summed E-state index contributed by atoms with van der Waals surface area (Å²) in [5, 5.41) is 11.6. The molecule has 0 radical (unpaired) electrons. The van der Waals surface area contributed by atoms with Gasteiger partial charge in [0, 0.05) is 44.9 Å². The molecule has 0 bridgehead atoms. The van der Waals surface area contributed by atoms with Gasteiger partial charge in [-0.1, -0.05) is 6.07 Å². The Labute approximate surface area is 154 Å². The summed E-state index contributed by atoms with van der Waals surface area (Å²) in [6.07, 6.45) is 4.24. The molecule has 1 atom stereocenters. The maximum atomic E-state index is 12.1. The molecule has 1 aromatic rings. The van der Waals surface area contributed by atoms with E-state index in [0.717, 1.165) is 45.4 Å². The number of aliphatic hydroxyl groups is 1. The van der Waals surface area contributed by atoms with Gasteiger partial charge in [0.1, 0.15) is 0 Å². The summed E-state index contributed by atoms with van der Waals surface area (Å²) in [5.41, 5.74) is 3.84. The highest BCUT2D eigenvalue weighted by Crippen LogP contribution is 2.32. The van der Waals surface area contributed by atoms with E-state index in [4.69, 9.17) is 5.11 Å². The molecule has 26 heavy (non-hydrogen) atoms. The van der Waals surface area contributed by atoms with Gasteiger partial charge in [0.15, 0.2) is 0 Å². The Hall–Kier alpha value is -1.92. The monoisotopic (exact) mass is 357 g/mol. The predicted molar refractivity (Wildman–Crippen MR) is 98.5 cm³/mol. The Kier molecular flexibility index (Phi) is 4.96.